The summed E-state index contributed by atoms with van der Waals surface area (Å²) in [5.74, 6) is 2.23. The molecule has 2 N–H and O–H groups in total. The summed E-state index contributed by atoms with van der Waals surface area (Å²) in [7, 11) is 0. The normalized spacial score (nSPS) is 20.2. The molecule has 2 atom stereocenters. The maximum absolute atomic E-state index is 12.3. The average molecular weight is 413 g/mol. The lowest BCUT2D eigenvalue weighted by Gasteiger charge is -2.16. The number of anilines is 2. The molecule has 2 fully saturated rings. The lowest BCUT2D eigenvalue weighted by Crippen LogP contribution is -2.22. The van der Waals surface area contributed by atoms with Gasteiger partial charge >= 0.3 is 0 Å². The molecule has 31 heavy (non-hydrogen) atoms. The van der Waals surface area contributed by atoms with E-state index in [2.05, 4.69) is 25.6 Å². The number of aromatic nitrogens is 4. The second kappa shape index (κ2) is 8.19. The number of nitrogens with zero attached hydrogens (tertiary/aromatic N) is 5. The lowest BCUT2D eigenvalue weighted by atomic mass is 10.2. The predicted octanol–water partition coefficient (Wildman–Crippen LogP) is 3.22. The fraction of sp³-hybridized carbons (Fsp3) is 0.348. The Labute approximate surface area is 180 Å². The highest BCUT2D eigenvalue weighted by atomic mass is 16.1. The molecule has 5 rings (SSSR count). The van der Waals surface area contributed by atoms with Gasteiger partial charge in [-0.1, -0.05) is 0 Å². The second-order valence-corrected chi connectivity index (χ2v) is 8.21. The fourth-order valence-electron chi connectivity index (χ4n) is 4.06. The summed E-state index contributed by atoms with van der Waals surface area (Å²) in [6.07, 6.45) is 12.6. The molecule has 0 aromatic carbocycles. The van der Waals surface area contributed by atoms with Gasteiger partial charge in [0.15, 0.2) is 0 Å². The Morgan fingerprint density at radius 2 is 1.71 bits per heavy atom. The van der Waals surface area contributed by atoms with Crippen LogP contribution in [0.4, 0.5) is 11.6 Å². The molecule has 0 saturated heterocycles. The van der Waals surface area contributed by atoms with Gasteiger partial charge in [-0.3, -0.25) is 14.3 Å². The molecular formula is C23H23N7O. The van der Waals surface area contributed by atoms with Crippen molar-refractivity contribution in [1.82, 2.24) is 19.5 Å². The van der Waals surface area contributed by atoms with Crippen LogP contribution >= 0.6 is 0 Å². The van der Waals surface area contributed by atoms with Crippen molar-refractivity contribution in [1.29, 1.82) is 5.26 Å². The Balaban J connectivity index is 1.18. The van der Waals surface area contributed by atoms with Crippen LogP contribution in [0.5, 0.6) is 0 Å². The van der Waals surface area contributed by atoms with Crippen LogP contribution in [0, 0.1) is 11.3 Å². The molecule has 0 aliphatic heterocycles. The van der Waals surface area contributed by atoms with Gasteiger partial charge in [0, 0.05) is 24.2 Å². The summed E-state index contributed by atoms with van der Waals surface area (Å²) in [6, 6.07) is 9.48. The van der Waals surface area contributed by atoms with Crippen molar-refractivity contribution in [2.45, 2.75) is 50.1 Å². The van der Waals surface area contributed by atoms with E-state index in [0.717, 1.165) is 36.6 Å². The van der Waals surface area contributed by atoms with E-state index in [1.54, 1.807) is 18.5 Å². The first kappa shape index (κ1) is 19.2. The quantitative estimate of drug-likeness (QED) is 0.639. The highest BCUT2D eigenvalue weighted by molar-refractivity contribution is 5.43. The molecule has 2 aliphatic rings. The molecule has 8 heteroatoms. The fourth-order valence-corrected chi connectivity index (χ4v) is 4.06. The zero-order valence-corrected chi connectivity index (χ0v) is 17.0. The van der Waals surface area contributed by atoms with Gasteiger partial charge in [-0.2, -0.15) is 5.26 Å². The number of hydrogen-bond acceptors (Lipinski definition) is 7. The molecule has 0 unspecified atom stereocenters. The van der Waals surface area contributed by atoms with Crippen LogP contribution in [0.2, 0.25) is 0 Å². The summed E-state index contributed by atoms with van der Waals surface area (Å²) in [4.78, 5) is 25.8. The molecule has 0 radical (unpaired) electrons. The first-order valence-electron chi connectivity index (χ1n) is 10.6. The summed E-state index contributed by atoms with van der Waals surface area (Å²) < 4.78 is 1.43. The minimum atomic E-state index is -0.342. The second-order valence-electron chi connectivity index (χ2n) is 8.21. The van der Waals surface area contributed by atoms with Crippen LogP contribution in [0.15, 0.2) is 53.8 Å². The van der Waals surface area contributed by atoms with Gasteiger partial charge in [0.25, 0.3) is 5.56 Å². The average Bonchev–Trinajstić information content (AvgIpc) is 3.56. The Bertz CT molecular complexity index is 1160. The first-order chi connectivity index (χ1) is 15.2. The van der Waals surface area contributed by atoms with Crippen molar-refractivity contribution in [3.8, 4) is 11.8 Å². The number of nitriles is 1. The topological polar surface area (TPSA) is 109 Å². The van der Waals surface area contributed by atoms with Gasteiger partial charge in [0.05, 0.1) is 30.0 Å². The van der Waals surface area contributed by atoms with Crippen molar-refractivity contribution in [3.05, 3.63) is 70.7 Å². The van der Waals surface area contributed by atoms with Gasteiger partial charge in [0.2, 0.25) is 0 Å². The molecule has 0 amide bonds. The monoisotopic (exact) mass is 413 g/mol. The zero-order valence-electron chi connectivity index (χ0n) is 17.0. The smallest absolute Gasteiger partial charge is 0.273 e. The highest BCUT2D eigenvalue weighted by Gasteiger charge is 2.27. The molecule has 0 bridgehead atoms. The molecule has 8 nitrogen and oxygen atoms in total. The minimum absolute atomic E-state index is 0.112. The SMILES string of the molecule is N#Cc1cccn(-c2ccc(N[C@H]3CC[C@H](Nc4cnc(C5CC5)cn4)C3)nc2)c1=O. The van der Waals surface area contributed by atoms with Crippen LogP contribution in [-0.4, -0.2) is 31.6 Å². The molecule has 3 aromatic heterocycles. The van der Waals surface area contributed by atoms with Crippen LogP contribution < -0.4 is 16.2 Å². The Morgan fingerprint density at radius 3 is 2.35 bits per heavy atom. The summed E-state index contributed by atoms with van der Waals surface area (Å²) in [6.45, 7) is 0. The van der Waals surface area contributed by atoms with E-state index < -0.39 is 0 Å². The predicted molar refractivity (Wildman–Crippen MR) is 117 cm³/mol. The van der Waals surface area contributed by atoms with Gasteiger partial charge < -0.3 is 10.6 Å². The summed E-state index contributed by atoms with van der Waals surface area (Å²) in [5.41, 5.74) is 1.51. The largest absolute Gasteiger partial charge is 0.367 e. The summed E-state index contributed by atoms with van der Waals surface area (Å²) >= 11 is 0. The van der Waals surface area contributed by atoms with Crippen LogP contribution in [0.3, 0.4) is 0 Å². The number of pyridine rings is 2. The van der Waals surface area contributed by atoms with E-state index in [9.17, 15) is 4.79 Å². The van der Waals surface area contributed by atoms with E-state index in [-0.39, 0.29) is 11.1 Å². The first-order valence-corrected chi connectivity index (χ1v) is 10.6. The number of hydrogen-bond donors (Lipinski definition) is 2. The third-order valence-electron chi connectivity index (χ3n) is 5.90. The van der Waals surface area contributed by atoms with Gasteiger partial charge in [-0.25, -0.2) is 9.97 Å². The maximum Gasteiger partial charge on any atom is 0.273 e. The highest BCUT2D eigenvalue weighted by Crippen LogP contribution is 2.38. The van der Waals surface area contributed by atoms with Crippen molar-refractivity contribution < 1.29 is 0 Å². The maximum atomic E-state index is 12.3. The van der Waals surface area contributed by atoms with Gasteiger partial charge in [0.1, 0.15) is 23.3 Å². The van der Waals surface area contributed by atoms with E-state index in [0.29, 0.717) is 23.7 Å². The molecule has 2 saturated carbocycles. The Morgan fingerprint density at radius 1 is 0.935 bits per heavy atom. The molecule has 3 heterocycles. The van der Waals surface area contributed by atoms with Crippen molar-refractivity contribution in [2.24, 2.45) is 0 Å². The molecular weight excluding hydrogens is 390 g/mol. The molecule has 0 spiro atoms. The standard InChI is InChI=1S/C23H23N7O/c24-11-16-2-1-9-30(23(16)31)19-7-8-21(26-12-19)28-17-5-6-18(10-17)29-22-14-25-20(13-27-22)15-3-4-15/h1-2,7-9,12-15,17-18H,3-6,10H2,(H,26,28)(H,27,29)/t17-,18-/m0/s1. The minimum Gasteiger partial charge on any atom is -0.367 e. The lowest BCUT2D eigenvalue weighted by molar-refractivity contribution is 0.719. The van der Waals surface area contributed by atoms with E-state index in [1.165, 1.54) is 23.5 Å². The van der Waals surface area contributed by atoms with E-state index >= 15 is 0 Å². The van der Waals surface area contributed by atoms with Crippen LogP contribution in [0.25, 0.3) is 5.69 Å². The third kappa shape index (κ3) is 4.26. The third-order valence-corrected chi connectivity index (χ3v) is 5.90. The van der Waals surface area contributed by atoms with Crippen molar-refractivity contribution >= 4 is 11.6 Å². The van der Waals surface area contributed by atoms with Gasteiger partial charge in [-0.15, -0.1) is 0 Å². The number of rotatable bonds is 6. The van der Waals surface area contributed by atoms with E-state index in [4.69, 9.17) is 5.26 Å². The van der Waals surface area contributed by atoms with Crippen LogP contribution in [-0.2, 0) is 0 Å². The molecule has 156 valence electrons. The Hall–Kier alpha value is -3.73. The molecule has 3 aromatic rings. The van der Waals surface area contributed by atoms with Crippen LogP contribution in [0.1, 0.15) is 49.3 Å². The molecule has 2 aliphatic carbocycles. The van der Waals surface area contributed by atoms with Crippen molar-refractivity contribution in [3.63, 3.8) is 0 Å². The van der Waals surface area contributed by atoms with Crippen molar-refractivity contribution in [2.75, 3.05) is 10.6 Å². The van der Waals surface area contributed by atoms with Gasteiger partial charge in [-0.05, 0) is 56.4 Å². The zero-order chi connectivity index (χ0) is 21.2. The number of nitrogens with one attached hydrogen (secondary N) is 2. The summed E-state index contributed by atoms with van der Waals surface area (Å²) in [5, 5.41) is 16.0. The Kier molecular flexibility index (Phi) is 5.08. The van der Waals surface area contributed by atoms with E-state index in [1.807, 2.05) is 30.6 Å².